The van der Waals surface area contributed by atoms with Gasteiger partial charge in [-0.2, -0.15) is 13.2 Å². The molecule has 0 saturated carbocycles. The van der Waals surface area contributed by atoms with Gasteiger partial charge in [-0.05, 0) is 60.7 Å². The number of hydrogen-bond donors (Lipinski definition) is 2. The Balaban J connectivity index is 1.61. The Morgan fingerprint density at radius 2 is 1.55 bits per heavy atom. The fourth-order valence-corrected chi connectivity index (χ4v) is 6.90. The lowest BCUT2D eigenvalue weighted by atomic mass is 10.2. The molecule has 4 rings (SSSR count). The molecule has 0 aliphatic carbocycles. The van der Waals surface area contributed by atoms with Crippen LogP contribution in [0.3, 0.4) is 0 Å². The quantitative estimate of drug-likeness (QED) is 0.148. The molecule has 0 fully saturated rings. The number of nitrogens with zero attached hydrogens (tertiary/aromatic N) is 2. The van der Waals surface area contributed by atoms with Crippen LogP contribution >= 0.6 is 0 Å². The molecular weight excluding hydrogens is 669 g/mol. The van der Waals surface area contributed by atoms with Gasteiger partial charge in [0.05, 0.1) is 35.3 Å². The number of carbonyl (C=O) groups is 1. The second-order valence-corrected chi connectivity index (χ2v) is 13.0. The summed E-state index contributed by atoms with van der Waals surface area (Å²) >= 11 is 0. The molecule has 0 bridgehead atoms. The van der Waals surface area contributed by atoms with Crippen LogP contribution in [0.4, 0.5) is 35.9 Å². The van der Waals surface area contributed by atoms with Gasteiger partial charge in [-0.1, -0.05) is 18.2 Å². The molecule has 2 N–H and O–H groups in total. The third-order valence-electron chi connectivity index (χ3n) is 6.46. The fourth-order valence-electron chi connectivity index (χ4n) is 4.26. The van der Waals surface area contributed by atoms with E-state index < -0.39 is 59.7 Å². The van der Waals surface area contributed by atoms with Crippen LogP contribution in [0, 0.1) is 10.1 Å². The Kier molecular flexibility index (Phi) is 9.95. The first kappa shape index (κ1) is 34.5. The average molecular weight is 695 g/mol. The number of halogens is 3. The summed E-state index contributed by atoms with van der Waals surface area (Å²) in [5.74, 6) is -0.680. The molecule has 0 unspecified atom stereocenters. The van der Waals surface area contributed by atoms with E-state index in [2.05, 4.69) is 10.0 Å². The highest BCUT2D eigenvalue weighted by Crippen LogP contribution is 2.37. The molecule has 0 saturated heterocycles. The zero-order chi connectivity index (χ0) is 34.6. The Morgan fingerprint density at radius 1 is 0.872 bits per heavy atom. The number of amides is 1. The summed E-state index contributed by atoms with van der Waals surface area (Å²) < 4.78 is 106. The zero-order valence-corrected chi connectivity index (χ0v) is 26.0. The third kappa shape index (κ3) is 7.90. The minimum Gasteiger partial charge on any atom is -0.497 e. The maximum absolute atomic E-state index is 13.9. The molecule has 1 amide bonds. The number of para-hydroxylation sites is 1. The lowest BCUT2D eigenvalue weighted by molar-refractivity contribution is -0.387. The van der Waals surface area contributed by atoms with Gasteiger partial charge in [-0.25, -0.2) is 16.8 Å². The summed E-state index contributed by atoms with van der Waals surface area (Å²) in [7, 11) is -6.53. The van der Waals surface area contributed by atoms with E-state index in [-0.39, 0.29) is 33.5 Å². The first-order valence-electron chi connectivity index (χ1n) is 13.1. The predicted octanol–water partition coefficient (Wildman–Crippen LogP) is 5.27. The average Bonchev–Trinajstić information content (AvgIpc) is 3.03. The van der Waals surface area contributed by atoms with Crippen LogP contribution in [0.5, 0.6) is 11.5 Å². The smallest absolute Gasteiger partial charge is 0.416 e. The van der Waals surface area contributed by atoms with Gasteiger partial charge in [0.2, 0.25) is 5.91 Å². The Bertz CT molecular complexity index is 2020. The summed E-state index contributed by atoms with van der Waals surface area (Å²) in [5, 5.41) is 14.1. The lowest BCUT2D eigenvalue weighted by Gasteiger charge is -2.25. The van der Waals surface area contributed by atoms with Crippen molar-refractivity contribution in [2.24, 2.45) is 0 Å². The number of ether oxygens (including phenoxy) is 2. The number of hydrogen-bond acceptors (Lipinski definition) is 9. The molecule has 18 heteroatoms. The zero-order valence-electron chi connectivity index (χ0n) is 24.4. The highest BCUT2D eigenvalue weighted by atomic mass is 32.2. The molecule has 0 aliphatic rings. The molecule has 248 valence electrons. The highest BCUT2D eigenvalue weighted by Gasteiger charge is 2.35. The van der Waals surface area contributed by atoms with E-state index in [4.69, 9.17) is 9.47 Å². The number of methoxy groups -OCH3 is 2. The maximum atomic E-state index is 13.9. The van der Waals surface area contributed by atoms with Gasteiger partial charge in [0, 0.05) is 23.5 Å². The van der Waals surface area contributed by atoms with Crippen LogP contribution in [-0.4, -0.2) is 48.4 Å². The summed E-state index contributed by atoms with van der Waals surface area (Å²) in [6.45, 7) is -0.909. The van der Waals surface area contributed by atoms with Gasteiger partial charge in [-0.3, -0.25) is 23.9 Å². The van der Waals surface area contributed by atoms with Crippen molar-refractivity contribution in [2.75, 3.05) is 35.1 Å². The minimum atomic E-state index is -4.79. The molecule has 0 spiro atoms. The van der Waals surface area contributed by atoms with E-state index in [1.807, 2.05) is 0 Å². The van der Waals surface area contributed by atoms with Crippen LogP contribution in [0.25, 0.3) is 0 Å². The van der Waals surface area contributed by atoms with Crippen LogP contribution in [0.1, 0.15) is 5.56 Å². The van der Waals surface area contributed by atoms with E-state index >= 15 is 0 Å². The molecule has 0 atom stereocenters. The van der Waals surface area contributed by atoms with E-state index in [9.17, 15) is 44.9 Å². The highest BCUT2D eigenvalue weighted by molar-refractivity contribution is 7.93. The second kappa shape index (κ2) is 13.6. The lowest BCUT2D eigenvalue weighted by Crippen LogP contribution is -2.38. The number of benzene rings is 4. The van der Waals surface area contributed by atoms with Crippen molar-refractivity contribution in [3.05, 3.63) is 107 Å². The van der Waals surface area contributed by atoms with E-state index in [1.54, 1.807) is 0 Å². The molecule has 13 nitrogen and oxygen atoms in total. The van der Waals surface area contributed by atoms with Gasteiger partial charge in [0.25, 0.3) is 25.7 Å². The molecule has 0 heterocycles. The Labute approximate surface area is 266 Å². The number of nitro benzene ring substituents is 1. The minimum absolute atomic E-state index is 0.0257. The van der Waals surface area contributed by atoms with E-state index in [1.165, 1.54) is 56.7 Å². The maximum Gasteiger partial charge on any atom is 0.416 e. The molecule has 0 aliphatic heterocycles. The molecule has 0 aromatic heterocycles. The Hall–Kier alpha value is -5.36. The number of nitro groups is 1. The standard InChI is InChI=1S/C29H25F3N4O9S2/c1-44-22-12-15-24(26(17-22)45-2)35(47(42,43)27-9-4-3-8-25(27)36(38)39)18-28(37)33-20-10-13-23(14-11-20)46(40,41)34-21-7-5-6-19(16-21)29(30,31)32/h3-17,34H,18H2,1-2H3,(H,33,37). The first-order chi connectivity index (χ1) is 22.1. The third-order valence-corrected chi connectivity index (χ3v) is 9.67. The topological polar surface area (TPSA) is 174 Å². The molecule has 4 aromatic carbocycles. The normalized spacial score (nSPS) is 11.8. The molecular formula is C29H25F3N4O9S2. The number of anilines is 3. The van der Waals surface area contributed by atoms with Gasteiger partial charge < -0.3 is 14.8 Å². The van der Waals surface area contributed by atoms with E-state index in [0.717, 1.165) is 42.5 Å². The number of rotatable bonds is 12. The van der Waals surface area contributed by atoms with Crippen molar-refractivity contribution in [1.82, 2.24) is 0 Å². The van der Waals surface area contributed by atoms with Gasteiger partial charge in [0.1, 0.15) is 18.0 Å². The number of carbonyl (C=O) groups excluding carboxylic acids is 1. The Morgan fingerprint density at radius 3 is 2.17 bits per heavy atom. The summed E-state index contributed by atoms with van der Waals surface area (Å²) in [6, 6.07) is 16.7. The summed E-state index contributed by atoms with van der Waals surface area (Å²) in [4.78, 5) is 22.9. The van der Waals surface area contributed by atoms with Gasteiger partial charge in [-0.15, -0.1) is 0 Å². The largest absolute Gasteiger partial charge is 0.497 e. The first-order valence-corrected chi connectivity index (χ1v) is 16.1. The van der Waals surface area contributed by atoms with Crippen molar-refractivity contribution >= 4 is 48.7 Å². The number of nitrogens with one attached hydrogen (secondary N) is 2. The fraction of sp³-hybridized carbons (Fsp3) is 0.138. The number of alkyl halides is 3. The summed E-state index contributed by atoms with van der Waals surface area (Å²) in [6.07, 6.45) is -4.69. The van der Waals surface area contributed by atoms with Crippen LogP contribution < -0.4 is 23.8 Å². The van der Waals surface area contributed by atoms with Crippen LogP contribution in [-0.2, 0) is 31.0 Å². The van der Waals surface area contributed by atoms with Gasteiger partial charge in [0.15, 0.2) is 4.90 Å². The van der Waals surface area contributed by atoms with Crippen LogP contribution in [0.2, 0.25) is 0 Å². The monoisotopic (exact) mass is 694 g/mol. The molecule has 4 aromatic rings. The van der Waals surface area contributed by atoms with Crippen molar-refractivity contribution in [3.63, 3.8) is 0 Å². The second-order valence-electron chi connectivity index (χ2n) is 9.53. The van der Waals surface area contributed by atoms with Crippen molar-refractivity contribution in [1.29, 1.82) is 0 Å². The van der Waals surface area contributed by atoms with Crippen molar-refractivity contribution in [3.8, 4) is 11.5 Å². The summed E-state index contributed by atoms with van der Waals surface area (Å²) in [5.41, 5.74) is -2.24. The molecule has 47 heavy (non-hydrogen) atoms. The SMILES string of the molecule is COc1ccc(N(CC(=O)Nc2ccc(S(=O)(=O)Nc3cccc(C(F)(F)F)c3)cc2)S(=O)(=O)c2ccccc2[N+](=O)[O-])c(OC)c1. The van der Waals surface area contributed by atoms with Gasteiger partial charge >= 0.3 is 6.18 Å². The predicted molar refractivity (Wildman–Crippen MR) is 164 cm³/mol. The molecule has 0 radical (unpaired) electrons. The van der Waals surface area contributed by atoms with Crippen molar-refractivity contribution in [2.45, 2.75) is 16.0 Å². The number of sulfonamides is 2. The van der Waals surface area contributed by atoms with Crippen molar-refractivity contribution < 1.29 is 49.2 Å². The van der Waals surface area contributed by atoms with Crippen LogP contribution in [0.15, 0.2) is 101 Å². The van der Waals surface area contributed by atoms with E-state index in [0.29, 0.717) is 10.4 Å².